The summed E-state index contributed by atoms with van der Waals surface area (Å²) in [6.45, 7) is 6.55. The predicted molar refractivity (Wildman–Crippen MR) is 143 cm³/mol. The Morgan fingerprint density at radius 2 is 1.94 bits per heavy atom. The molecular formula is C24H27Cl2NO4S3. The second-order valence-corrected chi connectivity index (χ2v) is 13.5. The molecule has 2 aromatic carbocycles. The van der Waals surface area contributed by atoms with Crippen molar-refractivity contribution in [3.8, 4) is 0 Å². The molecule has 0 aliphatic heterocycles. The number of carbonyl (C=O) groups excluding carboxylic acids is 1. The van der Waals surface area contributed by atoms with Gasteiger partial charge in [-0.3, -0.25) is 4.79 Å². The summed E-state index contributed by atoms with van der Waals surface area (Å²) < 4.78 is 34.8. The molecule has 1 heterocycles. The van der Waals surface area contributed by atoms with E-state index in [0.717, 1.165) is 26.1 Å². The van der Waals surface area contributed by atoms with Gasteiger partial charge in [0.05, 0.1) is 18.6 Å². The highest BCUT2D eigenvalue weighted by Gasteiger charge is 2.30. The van der Waals surface area contributed by atoms with Crippen LogP contribution in [0.25, 0.3) is 10.1 Å². The molecule has 184 valence electrons. The van der Waals surface area contributed by atoms with Gasteiger partial charge < -0.3 is 4.74 Å². The number of benzene rings is 2. The molecule has 3 aromatic rings. The minimum atomic E-state index is -3.68. The van der Waals surface area contributed by atoms with Crippen molar-refractivity contribution in [1.82, 2.24) is 4.31 Å². The van der Waals surface area contributed by atoms with Crippen molar-refractivity contribution < 1.29 is 17.9 Å². The number of aryl methyl sites for hydroxylation is 1. The number of methoxy groups -OCH3 is 1. The van der Waals surface area contributed by atoms with Crippen molar-refractivity contribution in [3.05, 3.63) is 57.6 Å². The number of esters is 1. The van der Waals surface area contributed by atoms with E-state index < -0.39 is 10.0 Å². The van der Waals surface area contributed by atoms with E-state index in [1.807, 2.05) is 45.0 Å². The molecule has 34 heavy (non-hydrogen) atoms. The van der Waals surface area contributed by atoms with Gasteiger partial charge in [0.1, 0.15) is 4.21 Å². The molecule has 0 saturated heterocycles. The molecule has 3 rings (SSSR count). The van der Waals surface area contributed by atoms with Crippen LogP contribution in [-0.2, 0) is 26.0 Å². The third kappa shape index (κ3) is 6.28. The van der Waals surface area contributed by atoms with Gasteiger partial charge in [-0.2, -0.15) is 4.31 Å². The Morgan fingerprint density at radius 3 is 2.59 bits per heavy atom. The van der Waals surface area contributed by atoms with Crippen LogP contribution in [0.3, 0.4) is 0 Å². The Hall–Kier alpha value is -1.29. The number of carbonyl (C=O) groups is 1. The molecule has 1 atom stereocenters. The predicted octanol–water partition coefficient (Wildman–Crippen LogP) is 6.81. The lowest BCUT2D eigenvalue weighted by molar-refractivity contribution is -0.139. The number of nitrogens with zero attached hydrogens (tertiary/aromatic N) is 1. The van der Waals surface area contributed by atoms with E-state index in [4.69, 9.17) is 27.9 Å². The summed E-state index contributed by atoms with van der Waals surface area (Å²) in [6.07, 6.45) is 0.855. The Labute approximate surface area is 219 Å². The standard InChI is InChI=1S/C24H27Cl2NO4S3/c1-5-10-27(34(29,30)24-16(3)19-13-18(25)7-9-21(19)33-24)14-15(2)32-22-8-6-17(11-20(22)26)12-23(28)31-4/h6-9,11,13,15H,5,10,12,14H2,1-4H3. The molecule has 0 spiro atoms. The average molecular weight is 561 g/mol. The fourth-order valence-corrected chi connectivity index (χ4v) is 8.73. The highest BCUT2D eigenvalue weighted by molar-refractivity contribution is 8.00. The maximum atomic E-state index is 13.7. The number of rotatable bonds is 10. The minimum absolute atomic E-state index is 0.0468. The van der Waals surface area contributed by atoms with Gasteiger partial charge in [0.15, 0.2) is 0 Å². The zero-order valence-corrected chi connectivity index (χ0v) is 23.4. The smallest absolute Gasteiger partial charge is 0.309 e. The minimum Gasteiger partial charge on any atom is -0.469 e. The van der Waals surface area contributed by atoms with Gasteiger partial charge in [0.2, 0.25) is 0 Å². The fraction of sp³-hybridized carbons (Fsp3) is 0.375. The van der Waals surface area contributed by atoms with Gasteiger partial charge in [0, 0.05) is 33.0 Å². The highest BCUT2D eigenvalue weighted by Crippen LogP contribution is 2.38. The fourth-order valence-electron chi connectivity index (χ4n) is 3.62. The average Bonchev–Trinajstić information content (AvgIpc) is 3.11. The van der Waals surface area contributed by atoms with E-state index in [1.54, 1.807) is 16.4 Å². The lowest BCUT2D eigenvalue weighted by Crippen LogP contribution is -2.36. The first-order valence-electron chi connectivity index (χ1n) is 10.8. The molecule has 10 heteroatoms. The van der Waals surface area contributed by atoms with Gasteiger partial charge in [-0.25, -0.2) is 8.42 Å². The summed E-state index contributed by atoms with van der Waals surface area (Å²) in [5, 5.41) is 1.94. The van der Waals surface area contributed by atoms with E-state index in [9.17, 15) is 13.2 Å². The molecule has 1 aromatic heterocycles. The van der Waals surface area contributed by atoms with Gasteiger partial charge in [-0.15, -0.1) is 23.1 Å². The summed E-state index contributed by atoms with van der Waals surface area (Å²) in [6, 6.07) is 10.9. The van der Waals surface area contributed by atoms with Crippen LogP contribution >= 0.6 is 46.3 Å². The molecular weight excluding hydrogens is 533 g/mol. The first-order valence-corrected chi connectivity index (χ1v) is 14.7. The van der Waals surface area contributed by atoms with Crippen LogP contribution in [0.1, 0.15) is 31.4 Å². The van der Waals surface area contributed by atoms with E-state index in [-0.39, 0.29) is 17.6 Å². The Bertz CT molecular complexity index is 1290. The van der Waals surface area contributed by atoms with Crippen LogP contribution in [0, 0.1) is 6.92 Å². The lowest BCUT2D eigenvalue weighted by atomic mass is 10.1. The molecule has 1 unspecified atom stereocenters. The molecule has 0 fully saturated rings. The van der Waals surface area contributed by atoms with E-state index in [0.29, 0.717) is 33.8 Å². The van der Waals surface area contributed by atoms with Crippen molar-refractivity contribution in [1.29, 1.82) is 0 Å². The maximum Gasteiger partial charge on any atom is 0.309 e. The maximum absolute atomic E-state index is 13.7. The molecule has 0 aliphatic rings. The quantitative estimate of drug-likeness (QED) is 0.201. The largest absolute Gasteiger partial charge is 0.469 e. The number of hydrogen-bond donors (Lipinski definition) is 0. The molecule has 0 aliphatic carbocycles. The van der Waals surface area contributed by atoms with Gasteiger partial charge >= 0.3 is 5.97 Å². The van der Waals surface area contributed by atoms with Gasteiger partial charge in [0.25, 0.3) is 10.0 Å². The summed E-state index contributed by atoms with van der Waals surface area (Å²) in [4.78, 5) is 12.3. The van der Waals surface area contributed by atoms with E-state index >= 15 is 0 Å². The van der Waals surface area contributed by atoms with Crippen LogP contribution in [0.4, 0.5) is 0 Å². The summed E-state index contributed by atoms with van der Waals surface area (Å²) >= 11 is 15.4. The third-order valence-corrected chi connectivity index (χ3v) is 10.8. The van der Waals surface area contributed by atoms with Crippen molar-refractivity contribution >= 4 is 72.4 Å². The van der Waals surface area contributed by atoms with Gasteiger partial charge in [-0.05, 0) is 60.2 Å². The molecule has 0 radical (unpaired) electrons. The summed E-state index contributed by atoms with van der Waals surface area (Å²) in [5.41, 5.74) is 1.50. The number of hydrogen-bond acceptors (Lipinski definition) is 6. The van der Waals surface area contributed by atoms with Crippen LogP contribution < -0.4 is 0 Å². The number of sulfonamides is 1. The highest BCUT2D eigenvalue weighted by atomic mass is 35.5. The zero-order valence-electron chi connectivity index (χ0n) is 19.4. The lowest BCUT2D eigenvalue weighted by Gasteiger charge is -2.24. The van der Waals surface area contributed by atoms with E-state index in [2.05, 4.69) is 0 Å². The monoisotopic (exact) mass is 559 g/mol. The molecule has 0 N–H and O–H groups in total. The number of ether oxygens (including phenoxy) is 1. The van der Waals surface area contributed by atoms with Crippen LogP contribution in [0.15, 0.2) is 45.5 Å². The van der Waals surface area contributed by atoms with Crippen LogP contribution in [-0.4, -0.2) is 44.1 Å². The van der Waals surface area contributed by atoms with Crippen molar-refractivity contribution in [3.63, 3.8) is 0 Å². The Balaban J connectivity index is 1.80. The SMILES string of the molecule is CCCN(CC(C)Sc1ccc(CC(=O)OC)cc1Cl)S(=O)(=O)c1sc2ccc(Cl)cc2c1C. The zero-order chi connectivity index (χ0) is 25.0. The normalized spacial score (nSPS) is 12.9. The molecule has 0 saturated carbocycles. The second-order valence-electron chi connectivity index (χ2n) is 7.96. The number of thioether (sulfide) groups is 1. The Morgan fingerprint density at radius 1 is 1.21 bits per heavy atom. The number of thiophene rings is 1. The summed E-state index contributed by atoms with van der Waals surface area (Å²) in [5.74, 6) is -0.330. The summed E-state index contributed by atoms with van der Waals surface area (Å²) in [7, 11) is -2.33. The molecule has 0 bridgehead atoms. The van der Waals surface area contributed by atoms with E-state index in [1.165, 1.54) is 30.2 Å². The number of halogens is 2. The van der Waals surface area contributed by atoms with Crippen molar-refractivity contribution in [2.75, 3.05) is 20.2 Å². The molecule has 0 amide bonds. The number of fused-ring (bicyclic) bond motifs is 1. The van der Waals surface area contributed by atoms with Crippen LogP contribution in [0.2, 0.25) is 10.0 Å². The van der Waals surface area contributed by atoms with Gasteiger partial charge in [-0.1, -0.05) is 43.1 Å². The second kappa shape index (κ2) is 11.6. The topological polar surface area (TPSA) is 63.7 Å². The Kier molecular flexibility index (Phi) is 9.34. The first-order chi connectivity index (χ1) is 16.1. The van der Waals surface area contributed by atoms with Crippen LogP contribution in [0.5, 0.6) is 0 Å². The van der Waals surface area contributed by atoms with Crippen molar-refractivity contribution in [2.45, 2.75) is 48.0 Å². The molecule has 5 nitrogen and oxygen atoms in total. The third-order valence-electron chi connectivity index (χ3n) is 5.26. The first kappa shape index (κ1) is 27.3. The van der Waals surface area contributed by atoms with Crippen molar-refractivity contribution in [2.24, 2.45) is 0 Å².